The van der Waals surface area contributed by atoms with Crippen LogP contribution in [0.4, 0.5) is 11.8 Å². The van der Waals surface area contributed by atoms with Gasteiger partial charge in [0.2, 0.25) is 5.95 Å². The van der Waals surface area contributed by atoms with Crippen LogP contribution in [0.1, 0.15) is 0 Å². The first-order chi connectivity index (χ1) is 5.74. The molecule has 0 aromatic carbocycles. The third kappa shape index (κ3) is 2.21. The molecular weight excluding hydrogens is 180 g/mol. The zero-order valence-electron chi connectivity index (χ0n) is 6.29. The monoisotopic (exact) mass is 188 g/mol. The van der Waals surface area contributed by atoms with Crippen molar-refractivity contribution in [3.8, 4) is 0 Å². The highest BCUT2D eigenvalue weighted by atomic mass is 35.5. The molecule has 0 fully saturated rings. The van der Waals surface area contributed by atoms with Crippen molar-refractivity contribution in [3.63, 3.8) is 0 Å². The predicted molar refractivity (Wildman–Crippen MR) is 47.0 cm³/mol. The Labute approximate surface area is 74.6 Å². The molecule has 0 saturated heterocycles. The van der Waals surface area contributed by atoms with Crippen LogP contribution >= 0.6 is 11.6 Å². The average molecular weight is 189 g/mol. The molecule has 1 heterocycles. The number of aliphatic hydroxyl groups is 1. The molecule has 0 saturated carbocycles. The molecule has 0 amide bonds. The Hall–Kier alpha value is -1.07. The number of hydrogen-bond donors (Lipinski definition) is 3. The Morgan fingerprint density at radius 2 is 2.42 bits per heavy atom. The van der Waals surface area contributed by atoms with E-state index in [0.717, 1.165) is 0 Å². The van der Waals surface area contributed by atoms with Gasteiger partial charge in [-0.1, -0.05) is 11.6 Å². The van der Waals surface area contributed by atoms with Gasteiger partial charge in [-0.05, 0) is 0 Å². The van der Waals surface area contributed by atoms with E-state index >= 15 is 0 Å². The molecule has 0 radical (unpaired) electrons. The van der Waals surface area contributed by atoms with Crippen LogP contribution in [-0.4, -0.2) is 28.2 Å². The Balaban J connectivity index is 2.75. The molecular formula is C6H9ClN4O. The highest BCUT2D eigenvalue weighted by molar-refractivity contribution is 6.32. The summed E-state index contributed by atoms with van der Waals surface area (Å²) < 4.78 is 0. The summed E-state index contributed by atoms with van der Waals surface area (Å²) in [6.45, 7) is 0.399. The topological polar surface area (TPSA) is 84.1 Å². The highest BCUT2D eigenvalue weighted by Gasteiger charge is 2.01. The number of rotatable bonds is 3. The van der Waals surface area contributed by atoms with Gasteiger partial charge in [0.05, 0.1) is 12.8 Å². The van der Waals surface area contributed by atoms with Crippen LogP contribution in [-0.2, 0) is 0 Å². The number of aromatic nitrogens is 2. The second-order valence-electron chi connectivity index (χ2n) is 2.08. The van der Waals surface area contributed by atoms with Gasteiger partial charge in [-0.25, -0.2) is 4.98 Å². The quantitative estimate of drug-likeness (QED) is 0.628. The number of aliphatic hydroxyl groups excluding tert-OH is 1. The van der Waals surface area contributed by atoms with Gasteiger partial charge in [0.15, 0.2) is 5.82 Å². The zero-order valence-corrected chi connectivity index (χ0v) is 7.04. The fraction of sp³-hybridized carbons (Fsp3) is 0.333. The molecule has 1 aromatic rings. The first-order valence-electron chi connectivity index (χ1n) is 3.37. The van der Waals surface area contributed by atoms with Gasteiger partial charge in [0, 0.05) is 6.54 Å². The van der Waals surface area contributed by atoms with Crippen LogP contribution in [0.5, 0.6) is 0 Å². The molecule has 0 aliphatic heterocycles. The summed E-state index contributed by atoms with van der Waals surface area (Å²) in [5.41, 5.74) is 5.32. The van der Waals surface area contributed by atoms with E-state index in [1.165, 1.54) is 6.20 Å². The summed E-state index contributed by atoms with van der Waals surface area (Å²) in [5, 5.41) is 11.7. The summed E-state index contributed by atoms with van der Waals surface area (Å²) in [7, 11) is 0. The maximum absolute atomic E-state index is 8.51. The van der Waals surface area contributed by atoms with Crippen molar-refractivity contribution in [1.29, 1.82) is 0 Å². The van der Waals surface area contributed by atoms with Gasteiger partial charge in [0.25, 0.3) is 0 Å². The molecule has 1 aromatic heterocycles. The molecule has 1 rings (SSSR count). The zero-order chi connectivity index (χ0) is 8.97. The van der Waals surface area contributed by atoms with Crippen molar-refractivity contribution in [2.75, 3.05) is 24.2 Å². The van der Waals surface area contributed by atoms with Crippen molar-refractivity contribution < 1.29 is 5.11 Å². The van der Waals surface area contributed by atoms with E-state index < -0.39 is 0 Å². The second kappa shape index (κ2) is 4.08. The van der Waals surface area contributed by atoms with Crippen LogP contribution < -0.4 is 11.1 Å². The number of nitrogens with zero attached hydrogens (tertiary/aromatic N) is 2. The van der Waals surface area contributed by atoms with Crippen molar-refractivity contribution >= 4 is 23.4 Å². The maximum atomic E-state index is 8.51. The molecule has 0 aliphatic rings. The Bertz CT molecular complexity index is 268. The summed E-state index contributed by atoms with van der Waals surface area (Å²) in [4.78, 5) is 7.50. The fourth-order valence-corrected chi connectivity index (χ4v) is 0.837. The van der Waals surface area contributed by atoms with Crippen LogP contribution in [0.2, 0.25) is 5.02 Å². The molecule has 12 heavy (non-hydrogen) atoms. The largest absolute Gasteiger partial charge is 0.395 e. The van der Waals surface area contributed by atoms with Crippen molar-refractivity contribution in [3.05, 3.63) is 11.2 Å². The number of hydrogen-bond acceptors (Lipinski definition) is 5. The standard InChI is InChI=1S/C6H9ClN4O/c7-4-3-10-6(8)11-5(4)9-1-2-12/h3,12H,1-2H2,(H3,8,9,10,11). The van der Waals surface area contributed by atoms with Crippen LogP contribution in [0.25, 0.3) is 0 Å². The molecule has 0 unspecified atom stereocenters. The molecule has 66 valence electrons. The van der Waals surface area contributed by atoms with E-state index in [1.54, 1.807) is 0 Å². The normalized spacial score (nSPS) is 9.83. The number of halogens is 1. The van der Waals surface area contributed by atoms with Crippen molar-refractivity contribution in [1.82, 2.24) is 9.97 Å². The van der Waals surface area contributed by atoms with Crippen molar-refractivity contribution in [2.45, 2.75) is 0 Å². The van der Waals surface area contributed by atoms with E-state index in [1.807, 2.05) is 0 Å². The molecule has 0 bridgehead atoms. The fourth-order valence-electron chi connectivity index (χ4n) is 0.679. The predicted octanol–water partition coefficient (Wildman–Crippen LogP) is 0.116. The van der Waals surface area contributed by atoms with Crippen LogP contribution in [0.15, 0.2) is 6.20 Å². The lowest BCUT2D eigenvalue weighted by Crippen LogP contribution is -2.08. The number of anilines is 2. The molecule has 4 N–H and O–H groups in total. The van der Waals surface area contributed by atoms with Crippen LogP contribution in [0.3, 0.4) is 0 Å². The first-order valence-corrected chi connectivity index (χ1v) is 3.74. The highest BCUT2D eigenvalue weighted by Crippen LogP contribution is 2.17. The molecule has 0 spiro atoms. The summed E-state index contributed by atoms with van der Waals surface area (Å²) in [6.07, 6.45) is 1.41. The lowest BCUT2D eigenvalue weighted by molar-refractivity contribution is 0.311. The van der Waals surface area contributed by atoms with E-state index in [-0.39, 0.29) is 12.6 Å². The van der Waals surface area contributed by atoms with Gasteiger partial charge >= 0.3 is 0 Å². The van der Waals surface area contributed by atoms with Gasteiger partial charge in [-0.15, -0.1) is 0 Å². The number of nitrogens with one attached hydrogen (secondary N) is 1. The number of nitrogen functional groups attached to an aromatic ring is 1. The smallest absolute Gasteiger partial charge is 0.222 e. The molecule has 6 heteroatoms. The Morgan fingerprint density at radius 1 is 1.67 bits per heavy atom. The SMILES string of the molecule is Nc1ncc(Cl)c(NCCO)n1. The summed E-state index contributed by atoms with van der Waals surface area (Å²) >= 11 is 5.71. The Kier molecular flexibility index (Phi) is 3.07. The number of nitrogens with two attached hydrogens (primary N) is 1. The van der Waals surface area contributed by atoms with E-state index in [4.69, 9.17) is 22.4 Å². The van der Waals surface area contributed by atoms with Gasteiger partial charge in [-0.3, -0.25) is 0 Å². The lowest BCUT2D eigenvalue weighted by atomic mass is 10.5. The third-order valence-electron chi connectivity index (χ3n) is 1.17. The average Bonchev–Trinajstić information content (AvgIpc) is 2.07. The first kappa shape index (κ1) is 9.02. The van der Waals surface area contributed by atoms with Gasteiger partial charge in [0.1, 0.15) is 5.02 Å². The second-order valence-corrected chi connectivity index (χ2v) is 2.48. The van der Waals surface area contributed by atoms with Crippen molar-refractivity contribution in [2.24, 2.45) is 0 Å². The maximum Gasteiger partial charge on any atom is 0.222 e. The van der Waals surface area contributed by atoms with E-state index in [9.17, 15) is 0 Å². The molecule has 5 nitrogen and oxygen atoms in total. The minimum Gasteiger partial charge on any atom is -0.395 e. The Morgan fingerprint density at radius 3 is 3.08 bits per heavy atom. The third-order valence-corrected chi connectivity index (χ3v) is 1.44. The van der Waals surface area contributed by atoms with Gasteiger partial charge in [-0.2, -0.15) is 4.98 Å². The molecule has 0 aliphatic carbocycles. The minimum absolute atomic E-state index is 0.0141. The lowest BCUT2D eigenvalue weighted by Gasteiger charge is -2.04. The summed E-state index contributed by atoms with van der Waals surface area (Å²) in [5.74, 6) is 0.595. The van der Waals surface area contributed by atoms with E-state index in [2.05, 4.69) is 15.3 Å². The summed E-state index contributed by atoms with van der Waals surface area (Å²) in [6, 6.07) is 0. The van der Waals surface area contributed by atoms with E-state index in [0.29, 0.717) is 17.4 Å². The van der Waals surface area contributed by atoms with Gasteiger partial charge < -0.3 is 16.2 Å². The minimum atomic E-state index is 0.0141. The molecule has 0 atom stereocenters. The van der Waals surface area contributed by atoms with Crippen LogP contribution in [0, 0.1) is 0 Å².